The molecule has 1 aromatic carbocycles. The Morgan fingerprint density at radius 3 is 2.35 bits per heavy atom. The zero-order chi connectivity index (χ0) is 14.7. The third-order valence-electron chi connectivity index (χ3n) is 2.93. The Hall–Kier alpha value is -1.94. The second kappa shape index (κ2) is 6.01. The molecular formula is C16H16FNOS. The van der Waals surface area contributed by atoms with Gasteiger partial charge in [-0.25, -0.2) is 4.39 Å². The van der Waals surface area contributed by atoms with E-state index in [0.29, 0.717) is 5.57 Å². The molecule has 0 aliphatic heterocycles. The third-order valence-corrected chi connectivity index (χ3v) is 4.02. The summed E-state index contributed by atoms with van der Waals surface area (Å²) in [6.07, 6.45) is 0.865. The predicted molar refractivity (Wildman–Crippen MR) is 82.0 cm³/mol. The van der Waals surface area contributed by atoms with Gasteiger partial charge in [0.15, 0.2) is 6.29 Å². The van der Waals surface area contributed by atoms with Crippen molar-refractivity contribution in [1.29, 1.82) is 0 Å². The lowest BCUT2D eigenvalue weighted by Gasteiger charge is -2.20. The Morgan fingerprint density at radius 1 is 1.25 bits per heavy atom. The second-order valence-electron chi connectivity index (χ2n) is 4.77. The summed E-state index contributed by atoms with van der Waals surface area (Å²) >= 11 is 1.54. The fourth-order valence-corrected chi connectivity index (χ4v) is 2.97. The number of carbonyl (C=O) groups is 1. The normalized spacial score (nSPS) is 12.0. The Labute approximate surface area is 122 Å². The number of rotatable bonds is 4. The smallest absolute Gasteiger partial charge is 0.153 e. The van der Waals surface area contributed by atoms with Crippen LogP contribution in [0.2, 0.25) is 0 Å². The quantitative estimate of drug-likeness (QED) is 0.630. The fraction of sp³-hybridized carbons (Fsp3) is 0.188. The van der Waals surface area contributed by atoms with Crippen LogP contribution in [0.15, 0.2) is 35.7 Å². The molecule has 1 aromatic heterocycles. The summed E-state index contributed by atoms with van der Waals surface area (Å²) in [5.41, 5.74) is 3.37. The van der Waals surface area contributed by atoms with E-state index in [1.165, 1.54) is 23.5 Å². The van der Waals surface area contributed by atoms with E-state index in [2.05, 4.69) is 0 Å². The number of halogens is 1. The van der Waals surface area contributed by atoms with Crippen molar-refractivity contribution in [2.24, 2.45) is 0 Å². The lowest BCUT2D eigenvalue weighted by molar-refractivity contribution is -0.103. The van der Waals surface area contributed by atoms with Gasteiger partial charge in [-0.2, -0.15) is 0 Å². The highest BCUT2D eigenvalue weighted by molar-refractivity contribution is 7.11. The third kappa shape index (κ3) is 2.96. The predicted octanol–water partition coefficient (Wildman–Crippen LogP) is 3.82. The van der Waals surface area contributed by atoms with Gasteiger partial charge in [0, 0.05) is 19.0 Å². The topological polar surface area (TPSA) is 20.3 Å². The fourth-order valence-electron chi connectivity index (χ4n) is 2.07. The molecule has 0 saturated heterocycles. The lowest BCUT2D eigenvalue weighted by atomic mass is 10.0. The van der Waals surface area contributed by atoms with Gasteiger partial charge in [-0.15, -0.1) is 11.3 Å². The summed E-state index contributed by atoms with van der Waals surface area (Å²) in [5, 5.41) is 2.01. The summed E-state index contributed by atoms with van der Waals surface area (Å²) in [7, 11) is 3.76. The maximum atomic E-state index is 13.1. The molecule has 0 atom stereocenters. The van der Waals surface area contributed by atoms with Crippen molar-refractivity contribution in [2.75, 3.05) is 14.1 Å². The average Bonchev–Trinajstić information content (AvgIpc) is 2.83. The number of allylic oxidation sites excluding steroid dienone is 1. The first kappa shape index (κ1) is 14.5. The van der Waals surface area contributed by atoms with Crippen LogP contribution in [0, 0.1) is 12.7 Å². The number of aryl methyl sites for hydroxylation is 1. The molecule has 2 aromatic rings. The van der Waals surface area contributed by atoms with Gasteiger partial charge in [0.05, 0.1) is 11.3 Å². The minimum atomic E-state index is -0.286. The van der Waals surface area contributed by atoms with Crippen molar-refractivity contribution in [3.8, 4) is 0 Å². The number of benzene rings is 1. The zero-order valence-corrected chi connectivity index (χ0v) is 12.5. The minimum Gasteiger partial charge on any atom is -0.377 e. The van der Waals surface area contributed by atoms with Crippen molar-refractivity contribution in [3.05, 3.63) is 57.5 Å². The lowest BCUT2D eigenvalue weighted by Crippen LogP contribution is -2.12. The molecule has 2 rings (SSSR count). The van der Waals surface area contributed by atoms with Gasteiger partial charge < -0.3 is 4.90 Å². The Balaban J connectivity index is 2.62. The molecule has 0 bridgehead atoms. The van der Waals surface area contributed by atoms with Crippen molar-refractivity contribution in [2.45, 2.75) is 6.92 Å². The largest absolute Gasteiger partial charge is 0.377 e. The maximum absolute atomic E-state index is 13.1. The summed E-state index contributed by atoms with van der Waals surface area (Å²) < 4.78 is 13.1. The molecule has 20 heavy (non-hydrogen) atoms. The summed E-state index contributed by atoms with van der Waals surface area (Å²) in [6.45, 7) is 2.00. The molecule has 2 nitrogen and oxygen atoms in total. The number of carbonyl (C=O) groups excluding carboxylic acids is 1. The van der Waals surface area contributed by atoms with Gasteiger partial charge in [0.1, 0.15) is 5.82 Å². The van der Waals surface area contributed by atoms with Gasteiger partial charge in [0.2, 0.25) is 0 Å². The van der Waals surface area contributed by atoms with E-state index in [1.807, 2.05) is 37.4 Å². The second-order valence-corrected chi connectivity index (χ2v) is 5.68. The van der Waals surface area contributed by atoms with Crippen LogP contribution < -0.4 is 0 Å². The van der Waals surface area contributed by atoms with Crippen molar-refractivity contribution in [3.63, 3.8) is 0 Å². The van der Waals surface area contributed by atoms with Gasteiger partial charge in [-0.1, -0.05) is 0 Å². The van der Waals surface area contributed by atoms with Crippen LogP contribution in [0.1, 0.15) is 16.0 Å². The van der Waals surface area contributed by atoms with Crippen molar-refractivity contribution < 1.29 is 9.18 Å². The molecule has 0 fully saturated rings. The Morgan fingerprint density at radius 2 is 1.90 bits per heavy atom. The van der Waals surface area contributed by atoms with Crippen LogP contribution in [0.5, 0.6) is 0 Å². The molecule has 4 heteroatoms. The highest BCUT2D eigenvalue weighted by Crippen LogP contribution is 2.30. The molecule has 0 unspecified atom stereocenters. The molecule has 0 aliphatic carbocycles. The van der Waals surface area contributed by atoms with Crippen LogP contribution in [0.3, 0.4) is 0 Å². The molecule has 0 radical (unpaired) electrons. The molecule has 0 aliphatic rings. The molecule has 0 N–H and O–H groups in total. The summed E-state index contributed by atoms with van der Waals surface area (Å²) in [5.74, 6) is -0.286. The van der Waals surface area contributed by atoms with Gasteiger partial charge >= 0.3 is 0 Å². The van der Waals surface area contributed by atoms with E-state index < -0.39 is 0 Å². The van der Waals surface area contributed by atoms with E-state index in [1.54, 1.807) is 12.1 Å². The van der Waals surface area contributed by atoms with Crippen molar-refractivity contribution >= 4 is 28.9 Å². The molecule has 1 heterocycles. The van der Waals surface area contributed by atoms with E-state index in [-0.39, 0.29) is 5.82 Å². The van der Waals surface area contributed by atoms with Crippen LogP contribution in [0.4, 0.5) is 4.39 Å². The SMILES string of the molecule is Cc1csc(C(C=O)=C(c2ccc(F)cc2)N(C)C)c1. The molecule has 104 valence electrons. The van der Waals surface area contributed by atoms with E-state index in [9.17, 15) is 9.18 Å². The van der Waals surface area contributed by atoms with Crippen LogP contribution in [-0.4, -0.2) is 25.3 Å². The Bertz CT molecular complexity index is 641. The van der Waals surface area contributed by atoms with Gasteiger partial charge in [0.25, 0.3) is 0 Å². The number of aldehydes is 1. The highest BCUT2D eigenvalue weighted by atomic mass is 32.1. The monoisotopic (exact) mass is 289 g/mol. The van der Waals surface area contributed by atoms with Crippen LogP contribution >= 0.6 is 11.3 Å². The minimum absolute atomic E-state index is 0.286. The molecule has 0 spiro atoms. The standard InChI is InChI=1S/C16H16FNOS/c1-11-8-15(20-10-11)14(9-19)16(18(2)3)12-4-6-13(17)7-5-12/h4-10H,1-3H3. The first-order chi connectivity index (χ1) is 9.52. The van der Waals surface area contributed by atoms with E-state index in [0.717, 1.165) is 28.0 Å². The van der Waals surface area contributed by atoms with Gasteiger partial charge in [-0.05, 0) is 53.8 Å². The highest BCUT2D eigenvalue weighted by Gasteiger charge is 2.14. The van der Waals surface area contributed by atoms with E-state index in [4.69, 9.17) is 0 Å². The van der Waals surface area contributed by atoms with E-state index >= 15 is 0 Å². The summed E-state index contributed by atoms with van der Waals surface area (Å²) in [6, 6.07) is 8.17. The average molecular weight is 289 g/mol. The number of hydrogen-bond donors (Lipinski definition) is 0. The number of nitrogens with zero attached hydrogens (tertiary/aromatic N) is 1. The zero-order valence-electron chi connectivity index (χ0n) is 11.7. The molecular weight excluding hydrogens is 273 g/mol. The molecule has 0 amide bonds. The first-order valence-electron chi connectivity index (χ1n) is 6.21. The summed E-state index contributed by atoms with van der Waals surface area (Å²) in [4.78, 5) is 14.4. The van der Waals surface area contributed by atoms with Crippen LogP contribution in [-0.2, 0) is 4.79 Å². The van der Waals surface area contributed by atoms with Crippen LogP contribution in [0.25, 0.3) is 11.3 Å². The van der Waals surface area contributed by atoms with Gasteiger partial charge in [-0.3, -0.25) is 4.79 Å². The number of hydrogen-bond acceptors (Lipinski definition) is 3. The Kier molecular flexibility index (Phi) is 4.35. The number of thiophene rings is 1. The first-order valence-corrected chi connectivity index (χ1v) is 7.09. The molecule has 0 saturated carbocycles. The maximum Gasteiger partial charge on any atom is 0.153 e. The van der Waals surface area contributed by atoms with Crippen molar-refractivity contribution in [1.82, 2.24) is 4.90 Å².